The van der Waals surface area contributed by atoms with Crippen molar-refractivity contribution in [2.24, 2.45) is 0 Å². The summed E-state index contributed by atoms with van der Waals surface area (Å²) in [6.45, 7) is 3.87. The predicted octanol–water partition coefficient (Wildman–Crippen LogP) is 5.67. The number of hydrogen-bond acceptors (Lipinski definition) is 8. The van der Waals surface area contributed by atoms with E-state index >= 15 is 0 Å². The smallest absolute Gasteiger partial charge is 0.291 e. The lowest BCUT2D eigenvalue weighted by atomic mass is 10.1. The first-order valence-electron chi connectivity index (χ1n) is 14.5. The van der Waals surface area contributed by atoms with Gasteiger partial charge in [-0.2, -0.15) is 14.6 Å². The molecule has 10 heteroatoms. The minimum atomic E-state index is -0.230. The lowest BCUT2D eigenvalue weighted by Gasteiger charge is -2.18. The monoisotopic (exact) mass is 603 g/mol. The highest BCUT2D eigenvalue weighted by Gasteiger charge is 2.17. The quantitative estimate of drug-likeness (QED) is 0.197. The van der Waals surface area contributed by atoms with E-state index in [4.69, 9.17) is 19.3 Å². The van der Waals surface area contributed by atoms with Crippen molar-refractivity contribution in [1.82, 2.24) is 24.4 Å². The zero-order chi connectivity index (χ0) is 29.9. The van der Waals surface area contributed by atoms with E-state index in [0.29, 0.717) is 46.6 Å². The molecule has 0 radical (unpaired) electrons. The van der Waals surface area contributed by atoms with Crippen LogP contribution in [-0.4, -0.2) is 44.2 Å². The SMILES string of the molecule is CCCCOc1ccc(/C=C/c2nc3s/c(=C\c4cn(-c5ccccc5)nc4-c4ccc5c(c4)OCCO5)c(=O)n3n2)cc1. The maximum atomic E-state index is 13.4. The molecule has 0 unspecified atom stereocenters. The van der Waals surface area contributed by atoms with Gasteiger partial charge in [-0.15, -0.1) is 5.10 Å². The molecule has 0 bridgehead atoms. The van der Waals surface area contributed by atoms with E-state index in [1.807, 2.05) is 95.8 Å². The summed E-state index contributed by atoms with van der Waals surface area (Å²) >= 11 is 1.29. The molecule has 9 nitrogen and oxygen atoms in total. The van der Waals surface area contributed by atoms with E-state index in [0.717, 1.165) is 46.7 Å². The molecule has 1 aliphatic heterocycles. The number of rotatable bonds is 9. The third-order valence-corrected chi connectivity index (χ3v) is 8.09. The van der Waals surface area contributed by atoms with Gasteiger partial charge in [0, 0.05) is 17.3 Å². The Balaban J connectivity index is 1.20. The van der Waals surface area contributed by atoms with Gasteiger partial charge in [0.05, 0.1) is 16.8 Å². The van der Waals surface area contributed by atoms with Gasteiger partial charge in [-0.25, -0.2) is 4.68 Å². The van der Waals surface area contributed by atoms with E-state index in [2.05, 4.69) is 17.0 Å². The zero-order valence-corrected chi connectivity index (χ0v) is 24.9. The largest absolute Gasteiger partial charge is 0.494 e. The molecule has 0 atom stereocenters. The zero-order valence-electron chi connectivity index (χ0n) is 24.1. The van der Waals surface area contributed by atoms with Gasteiger partial charge in [-0.05, 0) is 66.6 Å². The van der Waals surface area contributed by atoms with E-state index in [-0.39, 0.29) is 5.56 Å². The normalized spacial score (nSPS) is 13.2. The molecule has 4 heterocycles. The number of unbranched alkanes of at least 4 members (excludes halogenated alkanes) is 1. The van der Waals surface area contributed by atoms with Crippen molar-refractivity contribution in [3.05, 3.63) is 111 Å². The standard InChI is InChI=1S/C34H29N5O4S/c1-2-3-17-41-27-13-9-23(10-14-27)11-16-31-35-34-39(36-31)33(40)30(44-34)21-25-22-38(26-7-5-4-6-8-26)37-32(25)24-12-15-28-29(20-24)43-19-18-42-28/h4-16,20-22H,2-3,17-19H2,1H3/b16-11+,30-21-. The minimum Gasteiger partial charge on any atom is -0.494 e. The molecule has 0 N–H and O–H groups in total. The Morgan fingerprint density at radius 1 is 0.955 bits per heavy atom. The Hall–Kier alpha value is -5.22. The van der Waals surface area contributed by atoms with E-state index in [9.17, 15) is 4.79 Å². The summed E-state index contributed by atoms with van der Waals surface area (Å²) in [5, 5.41) is 9.35. The van der Waals surface area contributed by atoms with Crippen LogP contribution in [0.1, 0.15) is 36.7 Å². The van der Waals surface area contributed by atoms with Crippen molar-refractivity contribution >= 4 is 34.5 Å². The summed E-state index contributed by atoms with van der Waals surface area (Å²) < 4.78 is 20.9. The topological polar surface area (TPSA) is 92.8 Å². The summed E-state index contributed by atoms with van der Waals surface area (Å²) in [5.74, 6) is 2.70. The number of aromatic nitrogens is 5. The van der Waals surface area contributed by atoms with Gasteiger partial charge in [-0.3, -0.25) is 4.79 Å². The third-order valence-electron chi connectivity index (χ3n) is 7.14. The van der Waals surface area contributed by atoms with Gasteiger partial charge in [0.25, 0.3) is 5.56 Å². The fraction of sp³-hybridized carbons (Fsp3) is 0.176. The predicted molar refractivity (Wildman–Crippen MR) is 172 cm³/mol. The lowest BCUT2D eigenvalue weighted by Crippen LogP contribution is -2.23. The van der Waals surface area contributed by atoms with Crippen molar-refractivity contribution in [2.45, 2.75) is 19.8 Å². The molecule has 7 rings (SSSR count). The molecule has 220 valence electrons. The van der Waals surface area contributed by atoms with Gasteiger partial charge in [0.1, 0.15) is 24.7 Å². The van der Waals surface area contributed by atoms with Crippen molar-refractivity contribution in [1.29, 1.82) is 0 Å². The molecule has 1 aliphatic rings. The molecule has 3 aromatic heterocycles. The fourth-order valence-electron chi connectivity index (χ4n) is 4.86. The van der Waals surface area contributed by atoms with Crippen LogP contribution in [0.15, 0.2) is 83.8 Å². The maximum Gasteiger partial charge on any atom is 0.291 e. The van der Waals surface area contributed by atoms with E-state index < -0.39 is 0 Å². The maximum absolute atomic E-state index is 13.4. The summed E-state index contributed by atoms with van der Waals surface area (Å²) in [6.07, 6.45) is 9.63. The molecular weight excluding hydrogens is 574 g/mol. The van der Waals surface area contributed by atoms with Crippen molar-refractivity contribution in [3.8, 4) is 34.2 Å². The summed E-state index contributed by atoms with van der Waals surface area (Å²) in [5.41, 5.74) is 4.03. The first-order chi connectivity index (χ1) is 21.6. The van der Waals surface area contributed by atoms with E-state index in [1.54, 1.807) is 6.08 Å². The van der Waals surface area contributed by atoms with Crippen LogP contribution in [0.2, 0.25) is 0 Å². The Morgan fingerprint density at radius 2 is 1.77 bits per heavy atom. The van der Waals surface area contributed by atoms with Crippen LogP contribution in [0, 0.1) is 0 Å². The molecule has 3 aromatic carbocycles. The number of thiazole rings is 1. The van der Waals surface area contributed by atoms with Crippen LogP contribution in [0.4, 0.5) is 0 Å². The molecule has 0 spiro atoms. The third kappa shape index (κ3) is 5.71. The number of ether oxygens (including phenoxy) is 3. The molecule has 0 saturated carbocycles. The second-order valence-corrected chi connectivity index (χ2v) is 11.3. The second-order valence-electron chi connectivity index (χ2n) is 10.3. The van der Waals surface area contributed by atoms with Crippen molar-refractivity contribution in [3.63, 3.8) is 0 Å². The second kappa shape index (κ2) is 12.2. The van der Waals surface area contributed by atoms with Gasteiger partial charge in [-0.1, -0.05) is 61.1 Å². The van der Waals surface area contributed by atoms with Crippen LogP contribution < -0.4 is 24.3 Å². The van der Waals surface area contributed by atoms with Crippen LogP contribution >= 0.6 is 11.3 Å². The van der Waals surface area contributed by atoms with Gasteiger partial charge < -0.3 is 14.2 Å². The van der Waals surface area contributed by atoms with Crippen molar-refractivity contribution < 1.29 is 14.2 Å². The van der Waals surface area contributed by atoms with Crippen LogP contribution in [0.3, 0.4) is 0 Å². The molecular formula is C34H29N5O4S. The van der Waals surface area contributed by atoms with Gasteiger partial charge in [0.15, 0.2) is 17.3 Å². The molecule has 44 heavy (non-hydrogen) atoms. The highest BCUT2D eigenvalue weighted by atomic mass is 32.1. The van der Waals surface area contributed by atoms with Gasteiger partial charge >= 0.3 is 0 Å². The number of nitrogens with zero attached hydrogens (tertiary/aromatic N) is 5. The highest BCUT2D eigenvalue weighted by molar-refractivity contribution is 7.15. The van der Waals surface area contributed by atoms with Crippen LogP contribution in [-0.2, 0) is 0 Å². The van der Waals surface area contributed by atoms with Gasteiger partial charge in [0.2, 0.25) is 4.96 Å². The van der Waals surface area contributed by atoms with Crippen LogP contribution in [0.25, 0.3) is 40.1 Å². The van der Waals surface area contributed by atoms with Crippen LogP contribution in [0.5, 0.6) is 17.2 Å². The Morgan fingerprint density at radius 3 is 2.57 bits per heavy atom. The molecule has 0 aliphatic carbocycles. The molecule has 6 aromatic rings. The Labute approximate surface area is 257 Å². The first kappa shape index (κ1) is 27.6. The number of para-hydroxylation sites is 1. The Kier molecular flexibility index (Phi) is 7.64. The molecule has 0 amide bonds. The number of hydrogen-bond donors (Lipinski definition) is 0. The fourth-order valence-corrected chi connectivity index (χ4v) is 5.77. The molecule has 0 saturated heterocycles. The average Bonchev–Trinajstić information content (AvgIpc) is 3.75. The lowest BCUT2D eigenvalue weighted by molar-refractivity contribution is 0.171. The number of fused-ring (bicyclic) bond motifs is 2. The Bertz CT molecular complexity index is 2060. The minimum absolute atomic E-state index is 0.230. The summed E-state index contributed by atoms with van der Waals surface area (Å²) in [4.78, 5) is 18.5. The first-order valence-corrected chi connectivity index (χ1v) is 15.3. The average molecular weight is 604 g/mol. The van der Waals surface area contributed by atoms with E-state index in [1.165, 1.54) is 15.9 Å². The number of benzene rings is 3. The summed E-state index contributed by atoms with van der Waals surface area (Å²) in [7, 11) is 0. The highest BCUT2D eigenvalue weighted by Crippen LogP contribution is 2.35. The van der Waals surface area contributed by atoms with Crippen molar-refractivity contribution in [2.75, 3.05) is 19.8 Å². The molecule has 0 fully saturated rings. The summed E-state index contributed by atoms with van der Waals surface area (Å²) in [6, 6.07) is 23.5.